The van der Waals surface area contributed by atoms with Crippen molar-refractivity contribution in [2.75, 3.05) is 13.1 Å². The van der Waals surface area contributed by atoms with Gasteiger partial charge in [0.15, 0.2) is 0 Å². The van der Waals surface area contributed by atoms with Crippen LogP contribution in [0.2, 0.25) is 0 Å². The number of halogens is 3. The van der Waals surface area contributed by atoms with Gasteiger partial charge in [0.05, 0.1) is 5.56 Å². The van der Waals surface area contributed by atoms with Crippen LogP contribution in [0.3, 0.4) is 0 Å². The molecule has 0 aromatic heterocycles. The third-order valence-corrected chi connectivity index (χ3v) is 6.22. The molecule has 3 rings (SSSR count). The summed E-state index contributed by atoms with van der Waals surface area (Å²) in [5.74, 6) is -0.579. The maximum absolute atomic E-state index is 13.0. The average Bonchev–Trinajstić information content (AvgIpc) is 2.78. The summed E-state index contributed by atoms with van der Waals surface area (Å²) in [6.45, 7) is 7.41. The predicted molar refractivity (Wildman–Crippen MR) is 125 cm³/mol. The fraction of sp³-hybridized carbons (Fsp3) is 0.462. The largest absolute Gasteiger partial charge is 0.416 e. The first-order valence-electron chi connectivity index (χ1n) is 11.6. The minimum absolute atomic E-state index is 0.0399. The van der Waals surface area contributed by atoms with Gasteiger partial charge in [-0.1, -0.05) is 50.2 Å². The van der Waals surface area contributed by atoms with Crippen LogP contribution < -0.4 is 10.6 Å². The van der Waals surface area contributed by atoms with Crippen molar-refractivity contribution >= 4 is 11.8 Å². The molecule has 0 saturated carbocycles. The SMILES string of the molecule is Cc1ccccc1C(=O)NC(C(=O)NC1CCN(Cc2cccc(C(F)(F)F)c2)CC1)C(C)C. The van der Waals surface area contributed by atoms with Crippen molar-refractivity contribution in [3.63, 3.8) is 0 Å². The van der Waals surface area contributed by atoms with Gasteiger partial charge >= 0.3 is 6.18 Å². The van der Waals surface area contributed by atoms with Gasteiger partial charge in [-0.15, -0.1) is 0 Å². The zero-order chi connectivity index (χ0) is 24.9. The summed E-state index contributed by atoms with van der Waals surface area (Å²) in [5, 5.41) is 5.92. The number of piperidine rings is 1. The minimum atomic E-state index is -4.35. The van der Waals surface area contributed by atoms with Crippen LogP contribution in [0.25, 0.3) is 0 Å². The van der Waals surface area contributed by atoms with Gasteiger partial charge in [0.25, 0.3) is 5.91 Å². The second-order valence-corrected chi connectivity index (χ2v) is 9.27. The molecule has 5 nitrogen and oxygen atoms in total. The number of nitrogens with one attached hydrogen (secondary N) is 2. The Labute approximate surface area is 198 Å². The molecule has 1 saturated heterocycles. The van der Waals surface area contributed by atoms with Crippen LogP contribution in [0.15, 0.2) is 48.5 Å². The topological polar surface area (TPSA) is 61.4 Å². The summed E-state index contributed by atoms with van der Waals surface area (Å²) in [6, 6.07) is 11.9. The highest BCUT2D eigenvalue weighted by Gasteiger charge is 2.31. The summed E-state index contributed by atoms with van der Waals surface area (Å²) < 4.78 is 38.9. The van der Waals surface area contributed by atoms with Gasteiger partial charge < -0.3 is 10.6 Å². The van der Waals surface area contributed by atoms with Crippen molar-refractivity contribution in [3.8, 4) is 0 Å². The van der Waals surface area contributed by atoms with Crippen molar-refractivity contribution in [2.24, 2.45) is 5.92 Å². The van der Waals surface area contributed by atoms with Crippen LogP contribution in [0, 0.1) is 12.8 Å². The molecule has 0 bridgehead atoms. The Balaban J connectivity index is 1.53. The number of carbonyl (C=O) groups is 2. The molecule has 1 aliphatic heterocycles. The summed E-state index contributed by atoms with van der Waals surface area (Å²) in [7, 11) is 0. The fourth-order valence-corrected chi connectivity index (χ4v) is 4.21. The molecule has 2 amide bonds. The number of hydrogen-bond donors (Lipinski definition) is 2. The van der Waals surface area contributed by atoms with Gasteiger partial charge in [-0.05, 0) is 48.9 Å². The first kappa shape index (κ1) is 25.7. The van der Waals surface area contributed by atoms with Gasteiger partial charge in [-0.25, -0.2) is 0 Å². The molecule has 2 aromatic rings. The van der Waals surface area contributed by atoms with E-state index < -0.39 is 17.8 Å². The first-order chi connectivity index (χ1) is 16.0. The lowest BCUT2D eigenvalue weighted by Gasteiger charge is -2.33. The maximum Gasteiger partial charge on any atom is 0.416 e. The zero-order valence-corrected chi connectivity index (χ0v) is 19.8. The minimum Gasteiger partial charge on any atom is -0.351 e. The van der Waals surface area contributed by atoms with E-state index in [1.807, 2.05) is 32.9 Å². The van der Waals surface area contributed by atoms with Gasteiger partial charge in [-0.3, -0.25) is 14.5 Å². The average molecular weight is 476 g/mol. The van der Waals surface area contributed by atoms with E-state index in [9.17, 15) is 22.8 Å². The third kappa shape index (κ3) is 6.82. The molecule has 8 heteroatoms. The highest BCUT2D eigenvalue weighted by atomic mass is 19.4. The fourth-order valence-electron chi connectivity index (χ4n) is 4.21. The van der Waals surface area contributed by atoms with Crippen molar-refractivity contribution in [1.29, 1.82) is 0 Å². The number of benzene rings is 2. The van der Waals surface area contributed by atoms with E-state index in [0.29, 0.717) is 43.6 Å². The standard InChI is InChI=1S/C26H32F3N3O2/c1-17(2)23(31-24(33)22-10-5-4-7-18(22)3)25(34)30-21-11-13-32(14-12-21)16-19-8-6-9-20(15-19)26(27,28)29/h4-10,15,17,21,23H,11-14,16H2,1-3H3,(H,30,34)(H,31,33). The number of hydrogen-bond acceptors (Lipinski definition) is 3. The van der Waals surface area contributed by atoms with Crippen LogP contribution in [0.4, 0.5) is 13.2 Å². The van der Waals surface area contributed by atoms with Crippen molar-refractivity contribution in [1.82, 2.24) is 15.5 Å². The van der Waals surface area contributed by atoms with Crippen LogP contribution in [-0.4, -0.2) is 41.9 Å². The Morgan fingerprint density at radius 2 is 1.74 bits per heavy atom. The number of nitrogens with zero attached hydrogens (tertiary/aromatic N) is 1. The molecule has 0 spiro atoms. The molecule has 1 fully saturated rings. The van der Waals surface area contributed by atoms with Gasteiger partial charge in [0.2, 0.25) is 5.91 Å². The molecule has 1 aliphatic rings. The maximum atomic E-state index is 13.0. The summed E-state index contributed by atoms with van der Waals surface area (Å²) >= 11 is 0. The number of alkyl halides is 3. The summed E-state index contributed by atoms with van der Waals surface area (Å²) in [6.07, 6.45) is -2.96. The Morgan fingerprint density at radius 1 is 1.06 bits per heavy atom. The van der Waals surface area contributed by atoms with Gasteiger partial charge in [0, 0.05) is 31.2 Å². The molecule has 1 atom stereocenters. The second kappa shape index (κ2) is 11.0. The highest BCUT2D eigenvalue weighted by molar-refractivity contribution is 5.98. The van der Waals surface area contributed by atoms with Crippen LogP contribution in [0.1, 0.15) is 53.7 Å². The highest BCUT2D eigenvalue weighted by Crippen LogP contribution is 2.30. The van der Waals surface area contributed by atoms with E-state index in [0.717, 1.165) is 11.6 Å². The zero-order valence-electron chi connectivity index (χ0n) is 19.8. The first-order valence-corrected chi connectivity index (χ1v) is 11.6. The van der Waals surface area contributed by atoms with Crippen LogP contribution in [-0.2, 0) is 17.5 Å². The quantitative estimate of drug-likeness (QED) is 0.618. The van der Waals surface area contributed by atoms with Crippen molar-refractivity contribution < 1.29 is 22.8 Å². The molecular formula is C26H32F3N3O2. The Morgan fingerprint density at radius 3 is 2.35 bits per heavy atom. The third-order valence-electron chi connectivity index (χ3n) is 6.22. The van der Waals surface area contributed by atoms with Crippen molar-refractivity contribution in [2.45, 2.75) is 58.4 Å². The lowest BCUT2D eigenvalue weighted by Crippen LogP contribution is -2.54. The molecule has 1 unspecified atom stereocenters. The number of amides is 2. The molecule has 2 N–H and O–H groups in total. The molecule has 184 valence electrons. The Hall–Kier alpha value is -2.87. The summed E-state index contributed by atoms with van der Waals surface area (Å²) in [4.78, 5) is 27.8. The molecule has 0 radical (unpaired) electrons. The summed E-state index contributed by atoms with van der Waals surface area (Å²) in [5.41, 5.74) is 1.37. The lowest BCUT2D eigenvalue weighted by molar-refractivity contribution is -0.137. The molecule has 0 aliphatic carbocycles. The van der Waals surface area contributed by atoms with E-state index in [-0.39, 0.29) is 23.8 Å². The monoisotopic (exact) mass is 475 g/mol. The van der Waals surface area contributed by atoms with E-state index in [4.69, 9.17) is 0 Å². The number of rotatable bonds is 7. The molecule has 34 heavy (non-hydrogen) atoms. The van der Waals surface area contributed by atoms with E-state index in [1.165, 1.54) is 12.1 Å². The predicted octanol–water partition coefficient (Wildman–Crippen LogP) is 4.55. The van der Waals surface area contributed by atoms with Crippen LogP contribution >= 0.6 is 0 Å². The van der Waals surface area contributed by atoms with E-state index >= 15 is 0 Å². The smallest absolute Gasteiger partial charge is 0.351 e. The van der Waals surface area contributed by atoms with Gasteiger partial charge in [-0.2, -0.15) is 13.2 Å². The molecule has 1 heterocycles. The van der Waals surface area contributed by atoms with Crippen molar-refractivity contribution in [3.05, 3.63) is 70.8 Å². The van der Waals surface area contributed by atoms with Gasteiger partial charge in [0.1, 0.15) is 6.04 Å². The number of likely N-dealkylation sites (tertiary alicyclic amines) is 1. The molecule has 2 aromatic carbocycles. The van der Waals surface area contributed by atoms with E-state index in [1.54, 1.807) is 18.2 Å². The molecular weight excluding hydrogens is 443 g/mol. The van der Waals surface area contributed by atoms with E-state index in [2.05, 4.69) is 15.5 Å². The second-order valence-electron chi connectivity index (χ2n) is 9.27. The lowest BCUT2D eigenvalue weighted by atomic mass is 9.99. The Bertz CT molecular complexity index is 999. The number of carbonyl (C=O) groups excluding carboxylic acids is 2. The normalized spacial score (nSPS) is 16.3. The Kier molecular flexibility index (Phi) is 8.36. The number of aryl methyl sites for hydroxylation is 1. The van der Waals surface area contributed by atoms with Crippen LogP contribution in [0.5, 0.6) is 0 Å².